The molecule has 4 rings (SSSR count). The van der Waals surface area contributed by atoms with Crippen LogP contribution in [0.1, 0.15) is 27.9 Å². The molecule has 136 valence electrons. The van der Waals surface area contributed by atoms with Crippen molar-refractivity contribution in [2.45, 2.75) is 19.3 Å². The number of anilines is 2. The first kappa shape index (κ1) is 17.3. The first-order valence-electron chi connectivity index (χ1n) is 9.45. The monoisotopic (exact) mass is 357 g/mol. The van der Waals surface area contributed by atoms with E-state index in [-0.39, 0.29) is 5.91 Å². The van der Waals surface area contributed by atoms with Crippen LogP contribution < -0.4 is 10.2 Å². The number of aryl methyl sites for hydroxylation is 1. The first-order valence-corrected chi connectivity index (χ1v) is 9.45. The highest BCUT2D eigenvalue weighted by atomic mass is 16.1. The number of carbonyl (C=O) groups is 1. The highest BCUT2D eigenvalue weighted by Gasteiger charge is 2.21. The molecule has 0 fully saturated rings. The van der Waals surface area contributed by atoms with Crippen molar-refractivity contribution in [3.8, 4) is 0 Å². The highest BCUT2D eigenvalue weighted by Crippen LogP contribution is 2.33. The Bertz CT molecular complexity index is 924. The number of aromatic nitrogens is 1. The van der Waals surface area contributed by atoms with E-state index in [0.717, 1.165) is 31.6 Å². The molecule has 1 aliphatic heterocycles. The van der Waals surface area contributed by atoms with E-state index in [0.29, 0.717) is 12.1 Å². The van der Waals surface area contributed by atoms with E-state index in [1.807, 2.05) is 30.3 Å². The third kappa shape index (κ3) is 4.00. The summed E-state index contributed by atoms with van der Waals surface area (Å²) in [6, 6.07) is 22.4. The Labute approximate surface area is 159 Å². The summed E-state index contributed by atoms with van der Waals surface area (Å²) in [5, 5.41) is 3.02. The van der Waals surface area contributed by atoms with Gasteiger partial charge in [0.1, 0.15) is 5.82 Å². The Kier molecular flexibility index (Phi) is 5.15. The van der Waals surface area contributed by atoms with Gasteiger partial charge in [-0.25, -0.2) is 4.98 Å². The Hall–Kier alpha value is -3.14. The van der Waals surface area contributed by atoms with Crippen molar-refractivity contribution >= 4 is 17.4 Å². The number of benzene rings is 2. The third-order valence-corrected chi connectivity index (χ3v) is 4.94. The van der Waals surface area contributed by atoms with Gasteiger partial charge in [-0.15, -0.1) is 0 Å². The molecule has 0 radical (unpaired) electrons. The molecule has 0 atom stereocenters. The quantitative estimate of drug-likeness (QED) is 0.675. The zero-order chi connectivity index (χ0) is 18.5. The van der Waals surface area contributed by atoms with Gasteiger partial charge in [-0.05, 0) is 48.6 Å². The van der Waals surface area contributed by atoms with Gasteiger partial charge in [-0.2, -0.15) is 0 Å². The average molecular weight is 357 g/mol. The van der Waals surface area contributed by atoms with Crippen molar-refractivity contribution in [1.82, 2.24) is 10.3 Å². The minimum atomic E-state index is -0.0424. The fraction of sp³-hybridized carbons (Fsp3) is 0.217. The molecule has 2 aromatic carbocycles. The van der Waals surface area contributed by atoms with E-state index < -0.39 is 0 Å². The van der Waals surface area contributed by atoms with Crippen LogP contribution in [0.4, 0.5) is 11.5 Å². The Balaban J connectivity index is 1.37. The van der Waals surface area contributed by atoms with Crippen molar-refractivity contribution in [2.75, 3.05) is 18.0 Å². The standard InChI is InChI=1S/C23H23N3O/c27-23(25-14-6-9-18-7-2-1-3-8-18)20-12-15-24-22(17-20)26-16-13-19-10-4-5-11-21(19)26/h1-5,7-8,10-12,15,17H,6,9,13-14,16H2,(H,25,27). The molecule has 2 heterocycles. The van der Waals surface area contributed by atoms with Crippen LogP contribution in [-0.4, -0.2) is 24.0 Å². The lowest BCUT2D eigenvalue weighted by molar-refractivity contribution is 0.0953. The molecule has 0 bridgehead atoms. The molecule has 1 aliphatic rings. The van der Waals surface area contributed by atoms with Crippen molar-refractivity contribution in [3.05, 3.63) is 89.6 Å². The SMILES string of the molecule is O=C(NCCCc1ccccc1)c1ccnc(N2CCc3ccccc32)c1. The lowest BCUT2D eigenvalue weighted by Gasteiger charge is -2.18. The number of pyridine rings is 1. The van der Waals surface area contributed by atoms with Crippen LogP contribution in [0, 0.1) is 0 Å². The third-order valence-electron chi connectivity index (χ3n) is 4.94. The zero-order valence-electron chi connectivity index (χ0n) is 15.3. The van der Waals surface area contributed by atoms with E-state index in [9.17, 15) is 4.79 Å². The largest absolute Gasteiger partial charge is 0.352 e. The van der Waals surface area contributed by atoms with E-state index >= 15 is 0 Å². The number of para-hydroxylation sites is 1. The topological polar surface area (TPSA) is 45.2 Å². The van der Waals surface area contributed by atoms with Crippen molar-refractivity contribution in [1.29, 1.82) is 0 Å². The van der Waals surface area contributed by atoms with E-state index in [1.54, 1.807) is 12.3 Å². The fourth-order valence-corrected chi connectivity index (χ4v) is 3.52. The van der Waals surface area contributed by atoms with E-state index in [1.165, 1.54) is 16.8 Å². The van der Waals surface area contributed by atoms with Crippen LogP contribution in [0.5, 0.6) is 0 Å². The summed E-state index contributed by atoms with van der Waals surface area (Å²) < 4.78 is 0. The Morgan fingerprint density at radius 2 is 1.85 bits per heavy atom. The maximum atomic E-state index is 12.5. The van der Waals surface area contributed by atoms with Crippen LogP contribution >= 0.6 is 0 Å². The summed E-state index contributed by atoms with van der Waals surface area (Å²) in [6.07, 6.45) is 4.61. The molecule has 1 aromatic heterocycles. The second kappa shape index (κ2) is 8.04. The van der Waals surface area contributed by atoms with Gasteiger partial charge in [-0.3, -0.25) is 4.79 Å². The van der Waals surface area contributed by atoms with Gasteiger partial charge in [0.05, 0.1) is 0 Å². The van der Waals surface area contributed by atoms with Gasteiger partial charge in [0.15, 0.2) is 0 Å². The van der Waals surface area contributed by atoms with Crippen LogP contribution in [0.25, 0.3) is 0 Å². The highest BCUT2D eigenvalue weighted by molar-refractivity contribution is 5.95. The van der Waals surface area contributed by atoms with Crippen LogP contribution in [-0.2, 0) is 12.8 Å². The van der Waals surface area contributed by atoms with Crippen molar-refractivity contribution in [2.24, 2.45) is 0 Å². The number of hydrogen-bond acceptors (Lipinski definition) is 3. The van der Waals surface area contributed by atoms with Gasteiger partial charge >= 0.3 is 0 Å². The van der Waals surface area contributed by atoms with Crippen LogP contribution in [0.3, 0.4) is 0 Å². The predicted octanol–water partition coefficient (Wildman–Crippen LogP) is 4.14. The van der Waals surface area contributed by atoms with E-state index in [4.69, 9.17) is 0 Å². The summed E-state index contributed by atoms with van der Waals surface area (Å²) >= 11 is 0. The molecule has 0 aliphatic carbocycles. The van der Waals surface area contributed by atoms with Gasteiger partial charge in [0.25, 0.3) is 5.91 Å². The number of hydrogen-bond donors (Lipinski definition) is 1. The number of carbonyl (C=O) groups excluding carboxylic acids is 1. The van der Waals surface area contributed by atoms with Gasteiger partial charge in [0, 0.05) is 30.5 Å². The second-order valence-electron chi connectivity index (χ2n) is 6.78. The number of amides is 1. The first-order chi connectivity index (χ1) is 13.3. The molecule has 1 amide bonds. The molecule has 0 saturated carbocycles. The summed E-state index contributed by atoms with van der Waals surface area (Å²) in [4.78, 5) is 19.2. The van der Waals surface area contributed by atoms with Crippen molar-refractivity contribution in [3.63, 3.8) is 0 Å². The zero-order valence-corrected chi connectivity index (χ0v) is 15.3. The summed E-state index contributed by atoms with van der Waals surface area (Å²) in [5.41, 5.74) is 4.47. The number of fused-ring (bicyclic) bond motifs is 1. The Morgan fingerprint density at radius 1 is 1.04 bits per heavy atom. The van der Waals surface area contributed by atoms with Crippen LogP contribution in [0.15, 0.2) is 72.9 Å². The number of nitrogens with one attached hydrogen (secondary N) is 1. The van der Waals surface area contributed by atoms with Gasteiger partial charge in [-0.1, -0.05) is 48.5 Å². The summed E-state index contributed by atoms with van der Waals surface area (Å²) in [5.74, 6) is 0.788. The normalized spacial score (nSPS) is 12.7. The Morgan fingerprint density at radius 3 is 2.74 bits per heavy atom. The number of nitrogens with zero attached hydrogens (tertiary/aromatic N) is 2. The minimum Gasteiger partial charge on any atom is -0.352 e. The molecule has 0 unspecified atom stereocenters. The molecular weight excluding hydrogens is 334 g/mol. The summed E-state index contributed by atoms with van der Waals surface area (Å²) in [7, 11) is 0. The van der Waals surface area contributed by atoms with Crippen LogP contribution in [0.2, 0.25) is 0 Å². The molecule has 0 saturated heterocycles. The second-order valence-corrected chi connectivity index (χ2v) is 6.78. The molecule has 4 heteroatoms. The fourth-order valence-electron chi connectivity index (χ4n) is 3.52. The lowest BCUT2D eigenvalue weighted by Crippen LogP contribution is -2.25. The predicted molar refractivity (Wildman–Crippen MR) is 108 cm³/mol. The molecule has 4 nitrogen and oxygen atoms in total. The molecule has 1 N–H and O–H groups in total. The lowest BCUT2D eigenvalue weighted by atomic mass is 10.1. The van der Waals surface area contributed by atoms with E-state index in [2.05, 4.69) is 45.5 Å². The average Bonchev–Trinajstić information content (AvgIpc) is 3.16. The maximum absolute atomic E-state index is 12.5. The summed E-state index contributed by atoms with van der Waals surface area (Å²) in [6.45, 7) is 1.56. The minimum absolute atomic E-state index is 0.0424. The smallest absolute Gasteiger partial charge is 0.251 e. The number of rotatable bonds is 6. The molecule has 27 heavy (non-hydrogen) atoms. The molecule has 0 spiro atoms. The van der Waals surface area contributed by atoms with Gasteiger partial charge < -0.3 is 10.2 Å². The maximum Gasteiger partial charge on any atom is 0.251 e. The molecular formula is C23H23N3O. The van der Waals surface area contributed by atoms with Crippen molar-refractivity contribution < 1.29 is 4.79 Å². The van der Waals surface area contributed by atoms with Gasteiger partial charge in [0.2, 0.25) is 0 Å². The molecule has 3 aromatic rings.